The molecule has 1 heterocycles. The molecule has 0 atom stereocenters. The van der Waals surface area contributed by atoms with Crippen molar-refractivity contribution in [3.63, 3.8) is 0 Å². The van der Waals surface area contributed by atoms with Crippen LogP contribution in [0.4, 0.5) is 23.2 Å². The van der Waals surface area contributed by atoms with Crippen LogP contribution in [0, 0.1) is 17.1 Å². The van der Waals surface area contributed by atoms with Crippen molar-refractivity contribution < 1.29 is 35.2 Å². The number of furan rings is 1. The predicted octanol–water partition coefficient (Wildman–Crippen LogP) is 4.28. The van der Waals surface area contributed by atoms with Crippen molar-refractivity contribution in [1.29, 1.82) is 5.26 Å². The normalized spacial score (nSPS) is 11.6. The molecule has 3 aromatic rings. The molecule has 0 radical (unpaired) electrons. The van der Waals surface area contributed by atoms with Gasteiger partial charge in [0.05, 0.1) is 17.4 Å². The number of anilines is 1. The minimum Gasteiger partial charge on any atom is -0.451 e. The molecule has 0 aliphatic rings. The highest BCUT2D eigenvalue weighted by molar-refractivity contribution is 7.92. The van der Waals surface area contributed by atoms with Crippen molar-refractivity contribution in [3.8, 4) is 17.4 Å². The maximum Gasteiger partial charge on any atom is 0.416 e. The number of amides is 1. The van der Waals surface area contributed by atoms with E-state index in [1.54, 1.807) is 6.07 Å². The average molecular weight is 481 g/mol. The smallest absolute Gasteiger partial charge is 0.416 e. The van der Waals surface area contributed by atoms with Crippen molar-refractivity contribution in [2.24, 2.45) is 0 Å². The average Bonchev–Trinajstić information content (AvgIpc) is 3.22. The Hall–Kier alpha value is -3.85. The van der Waals surface area contributed by atoms with Crippen LogP contribution >= 0.6 is 0 Å². The Bertz CT molecular complexity index is 1360. The Morgan fingerprint density at radius 2 is 1.88 bits per heavy atom. The van der Waals surface area contributed by atoms with E-state index in [0.29, 0.717) is 0 Å². The number of carbonyl (C=O) groups excluding carboxylic acids is 1. The number of nitriles is 1. The monoisotopic (exact) mass is 481 g/mol. The number of nitrogens with zero attached hydrogens (tertiary/aromatic N) is 1. The van der Waals surface area contributed by atoms with E-state index < -0.39 is 39.2 Å². The van der Waals surface area contributed by atoms with Gasteiger partial charge in [-0.1, -0.05) is 12.1 Å². The molecular formula is C21H15F4N3O4S. The summed E-state index contributed by atoms with van der Waals surface area (Å²) in [6, 6.07) is 10.8. The van der Waals surface area contributed by atoms with E-state index in [1.807, 2.05) is 4.72 Å². The van der Waals surface area contributed by atoms with E-state index >= 15 is 0 Å². The molecule has 0 bridgehead atoms. The topological polar surface area (TPSA) is 112 Å². The molecule has 0 saturated heterocycles. The molecular weight excluding hydrogens is 466 g/mol. The summed E-state index contributed by atoms with van der Waals surface area (Å²) in [4.78, 5) is 12.3. The molecule has 0 aliphatic heterocycles. The minimum absolute atomic E-state index is 0.0419. The second-order valence-corrected chi connectivity index (χ2v) is 8.66. The molecule has 0 aliphatic carbocycles. The molecule has 172 valence electrons. The van der Waals surface area contributed by atoms with Crippen molar-refractivity contribution >= 4 is 21.6 Å². The lowest BCUT2D eigenvalue weighted by atomic mass is 10.1. The zero-order valence-corrected chi connectivity index (χ0v) is 17.6. The fourth-order valence-corrected chi connectivity index (χ4v) is 3.45. The fraction of sp³-hybridized carbons (Fsp3) is 0.143. The molecule has 2 aromatic carbocycles. The first-order valence-electron chi connectivity index (χ1n) is 9.13. The van der Waals surface area contributed by atoms with Gasteiger partial charge in [-0.2, -0.15) is 18.4 Å². The number of carbonyl (C=O) groups is 1. The number of halogens is 4. The molecule has 0 saturated carbocycles. The number of hydrogen-bond donors (Lipinski definition) is 2. The van der Waals surface area contributed by atoms with Gasteiger partial charge in [0.15, 0.2) is 5.76 Å². The molecule has 0 spiro atoms. The van der Waals surface area contributed by atoms with Gasteiger partial charge in [-0.25, -0.2) is 12.8 Å². The highest BCUT2D eigenvalue weighted by atomic mass is 32.2. The number of hydrogen-bond acceptors (Lipinski definition) is 5. The summed E-state index contributed by atoms with van der Waals surface area (Å²) in [6.45, 7) is -0.233. The third-order valence-corrected chi connectivity index (χ3v) is 4.89. The van der Waals surface area contributed by atoms with Crippen LogP contribution in [0.5, 0.6) is 0 Å². The maximum atomic E-state index is 14.3. The Morgan fingerprint density at radius 1 is 1.15 bits per heavy atom. The Balaban J connectivity index is 1.75. The van der Waals surface area contributed by atoms with Crippen LogP contribution in [0.15, 0.2) is 52.9 Å². The van der Waals surface area contributed by atoms with Crippen LogP contribution < -0.4 is 10.0 Å². The van der Waals surface area contributed by atoms with Gasteiger partial charge in [-0.15, -0.1) is 0 Å². The molecule has 7 nitrogen and oxygen atoms in total. The summed E-state index contributed by atoms with van der Waals surface area (Å²) >= 11 is 0. The van der Waals surface area contributed by atoms with Gasteiger partial charge in [-0.3, -0.25) is 9.52 Å². The molecule has 0 unspecified atom stereocenters. The highest BCUT2D eigenvalue weighted by Crippen LogP contribution is 2.32. The SMILES string of the molecule is CS(=O)(=O)Nc1c(F)cc(CNC(=O)c2ccc(-c3cccc(C(F)(F)F)c3)o2)cc1C#N. The first-order valence-corrected chi connectivity index (χ1v) is 11.0. The van der Waals surface area contributed by atoms with Gasteiger partial charge in [-0.05, 0) is 42.0 Å². The van der Waals surface area contributed by atoms with E-state index in [9.17, 15) is 36.0 Å². The van der Waals surface area contributed by atoms with E-state index in [2.05, 4.69) is 5.32 Å². The van der Waals surface area contributed by atoms with E-state index in [-0.39, 0.29) is 34.8 Å². The second-order valence-electron chi connectivity index (χ2n) is 6.91. The van der Waals surface area contributed by atoms with Crippen LogP contribution in [-0.4, -0.2) is 20.6 Å². The van der Waals surface area contributed by atoms with E-state index in [0.717, 1.165) is 24.5 Å². The molecule has 1 amide bonds. The predicted molar refractivity (Wildman–Crippen MR) is 110 cm³/mol. The van der Waals surface area contributed by atoms with Gasteiger partial charge in [0.25, 0.3) is 5.91 Å². The zero-order chi connectivity index (χ0) is 24.4. The maximum absolute atomic E-state index is 14.3. The van der Waals surface area contributed by atoms with Crippen LogP contribution in [0.25, 0.3) is 11.3 Å². The van der Waals surface area contributed by atoms with Gasteiger partial charge in [0.2, 0.25) is 10.0 Å². The van der Waals surface area contributed by atoms with Crippen molar-refractivity contribution in [2.45, 2.75) is 12.7 Å². The Morgan fingerprint density at radius 3 is 2.52 bits per heavy atom. The summed E-state index contributed by atoms with van der Waals surface area (Å²) in [5.74, 6) is -1.89. The van der Waals surface area contributed by atoms with Crippen molar-refractivity contribution in [2.75, 3.05) is 11.0 Å². The molecule has 33 heavy (non-hydrogen) atoms. The van der Waals surface area contributed by atoms with Crippen LogP contribution in [0.2, 0.25) is 0 Å². The Labute approximate surface area is 185 Å². The molecule has 3 rings (SSSR count). The molecule has 0 fully saturated rings. The van der Waals surface area contributed by atoms with Crippen LogP contribution in [-0.2, 0) is 22.7 Å². The summed E-state index contributed by atoms with van der Waals surface area (Å²) in [5, 5.41) is 11.6. The minimum atomic E-state index is -4.53. The quantitative estimate of drug-likeness (QED) is 0.511. The molecule has 12 heteroatoms. The number of alkyl halides is 3. The number of sulfonamides is 1. The van der Waals surface area contributed by atoms with Gasteiger partial charge >= 0.3 is 6.18 Å². The highest BCUT2D eigenvalue weighted by Gasteiger charge is 2.30. The largest absolute Gasteiger partial charge is 0.451 e. The zero-order valence-electron chi connectivity index (χ0n) is 16.8. The first-order chi connectivity index (χ1) is 15.4. The molecule has 1 aromatic heterocycles. The summed E-state index contributed by atoms with van der Waals surface area (Å²) in [7, 11) is -3.82. The number of benzene rings is 2. The standard InChI is InChI=1S/C21H15F4N3O4S/c1-33(30,31)28-19-14(10-26)7-12(8-16(19)22)11-27-20(29)18-6-5-17(32-18)13-3-2-4-15(9-13)21(23,24)25/h2-9,28H,11H2,1H3,(H,27,29). The van der Waals surface area contributed by atoms with Gasteiger partial charge in [0.1, 0.15) is 23.3 Å². The first kappa shape index (κ1) is 23.8. The molecule has 2 N–H and O–H groups in total. The fourth-order valence-electron chi connectivity index (χ4n) is 2.88. The lowest BCUT2D eigenvalue weighted by Crippen LogP contribution is -2.22. The van der Waals surface area contributed by atoms with Crippen molar-refractivity contribution in [1.82, 2.24) is 5.32 Å². The Kier molecular flexibility index (Phi) is 6.46. The van der Waals surface area contributed by atoms with E-state index in [1.165, 1.54) is 30.3 Å². The number of rotatable bonds is 6. The number of nitrogens with one attached hydrogen (secondary N) is 2. The third kappa shape index (κ3) is 5.89. The van der Waals surface area contributed by atoms with Crippen molar-refractivity contribution in [3.05, 3.63) is 76.8 Å². The lowest BCUT2D eigenvalue weighted by molar-refractivity contribution is -0.137. The second kappa shape index (κ2) is 8.95. The van der Waals surface area contributed by atoms with Gasteiger partial charge < -0.3 is 9.73 Å². The van der Waals surface area contributed by atoms with E-state index in [4.69, 9.17) is 4.42 Å². The lowest BCUT2D eigenvalue weighted by Gasteiger charge is -2.10. The van der Waals surface area contributed by atoms with Gasteiger partial charge in [0, 0.05) is 12.1 Å². The third-order valence-electron chi connectivity index (χ3n) is 4.32. The summed E-state index contributed by atoms with van der Waals surface area (Å²) in [6.07, 6.45) is -3.73. The van der Waals surface area contributed by atoms with Crippen LogP contribution in [0.3, 0.4) is 0 Å². The van der Waals surface area contributed by atoms with Crippen LogP contribution in [0.1, 0.15) is 27.2 Å². The summed E-state index contributed by atoms with van der Waals surface area (Å²) < 4.78 is 82.9. The summed E-state index contributed by atoms with van der Waals surface area (Å²) in [5.41, 5.74) is -1.37.